The fraction of sp³-hybridized carbons (Fsp3) is 0.400. The van der Waals surface area contributed by atoms with Crippen LogP contribution in [0.1, 0.15) is 48.3 Å². The molecule has 12 nitrogen and oxygen atoms in total. The molecule has 1 N–H and O–H groups in total. The molecule has 13 heteroatoms. The number of imidazole rings is 1. The zero-order chi connectivity index (χ0) is 30.0. The van der Waals surface area contributed by atoms with Crippen molar-refractivity contribution in [1.82, 2.24) is 19.9 Å². The van der Waals surface area contributed by atoms with Crippen molar-refractivity contribution < 1.29 is 54.9 Å². The number of fused-ring (bicyclic) bond motifs is 2. The summed E-state index contributed by atoms with van der Waals surface area (Å²) in [5.74, 6) is 1.48. The van der Waals surface area contributed by atoms with Crippen LogP contribution >= 0.6 is 0 Å². The summed E-state index contributed by atoms with van der Waals surface area (Å²) in [7, 11) is 7.97. The largest absolute Gasteiger partial charge is 1.00 e. The molecule has 1 fully saturated rings. The molecule has 0 unspecified atom stereocenters. The summed E-state index contributed by atoms with van der Waals surface area (Å²) in [6.07, 6.45) is 0. The summed E-state index contributed by atoms with van der Waals surface area (Å²) in [6.45, 7) is 3.87. The summed E-state index contributed by atoms with van der Waals surface area (Å²) in [6, 6.07) is 10.2. The molecule has 43 heavy (non-hydrogen) atoms. The van der Waals surface area contributed by atoms with Gasteiger partial charge in [-0.3, -0.25) is 24.7 Å². The number of halogens is 1. The highest BCUT2D eigenvalue weighted by Crippen LogP contribution is 2.38. The Morgan fingerprint density at radius 1 is 0.907 bits per heavy atom. The molecule has 2 aliphatic rings. The average Bonchev–Trinajstić information content (AvgIpc) is 3.29. The predicted molar refractivity (Wildman–Crippen MR) is 151 cm³/mol. The Hall–Kier alpha value is -3.78. The molecule has 230 valence electrons. The highest BCUT2D eigenvalue weighted by Gasteiger charge is 2.43. The molecule has 3 aromatic rings. The van der Waals surface area contributed by atoms with Crippen LogP contribution in [0.3, 0.4) is 0 Å². The second-order valence-electron chi connectivity index (χ2n) is 10.1. The molecule has 0 spiro atoms. The van der Waals surface area contributed by atoms with Crippen LogP contribution in [0.25, 0.3) is 0 Å². The topological polar surface area (TPSA) is 115 Å². The van der Waals surface area contributed by atoms with Crippen molar-refractivity contribution >= 4 is 17.5 Å². The summed E-state index contributed by atoms with van der Waals surface area (Å²) in [5, 5.41) is 1.88. The number of ketones is 2. The quantitative estimate of drug-likeness (QED) is 0.198. The van der Waals surface area contributed by atoms with Crippen molar-refractivity contribution in [2.75, 3.05) is 61.2 Å². The van der Waals surface area contributed by atoms with Gasteiger partial charge < -0.3 is 35.9 Å². The Bertz CT molecular complexity index is 1510. The number of aromatic nitrogens is 2. The van der Waals surface area contributed by atoms with E-state index in [9.17, 15) is 14.4 Å². The first kappa shape index (κ1) is 32.1. The molecular formula is C30H36BrN5O7. The van der Waals surface area contributed by atoms with Crippen molar-refractivity contribution in [3.8, 4) is 17.2 Å². The Balaban J connectivity index is 0.00000423. The van der Waals surface area contributed by atoms with E-state index in [0.717, 1.165) is 5.82 Å². The van der Waals surface area contributed by atoms with Crippen molar-refractivity contribution in [2.24, 2.45) is 7.05 Å². The number of hydrogen-bond acceptors (Lipinski definition) is 9. The smallest absolute Gasteiger partial charge is 0.271 e. The number of carbonyl (C=O) groups excluding carboxylic acids is 3. The standard InChI is InChI=1S/C30H35N5O7.BrH/c1-32-24(35(14-15-39-2)26-25(32)27(36)20-8-6-7-9-21(20)28(26)37)18-33-10-12-34(13-11-33)31-30(38)19-16-22(40-3)29(42-5)23(17-19)41-4;/h6-9,16-17H,10-15,18H2,1-5H3;1H. The van der Waals surface area contributed by atoms with E-state index in [2.05, 4.69) is 10.3 Å². The number of rotatable bonds is 10. The monoisotopic (exact) mass is 657 g/mol. The van der Waals surface area contributed by atoms with Crippen LogP contribution in [0.2, 0.25) is 0 Å². The molecule has 0 atom stereocenters. The summed E-state index contributed by atoms with van der Waals surface area (Å²) in [5.41, 5.74) is 5.02. The lowest BCUT2D eigenvalue weighted by atomic mass is 9.90. The van der Waals surface area contributed by atoms with Gasteiger partial charge in [0.15, 0.2) is 11.5 Å². The van der Waals surface area contributed by atoms with E-state index in [4.69, 9.17) is 18.9 Å². The number of methoxy groups -OCH3 is 4. The maximum Gasteiger partial charge on any atom is 0.271 e. The minimum atomic E-state index is -0.285. The van der Waals surface area contributed by atoms with Crippen LogP contribution in [-0.2, 0) is 24.9 Å². The first-order chi connectivity index (χ1) is 20.3. The fourth-order valence-corrected chi connectivity index (χ4v) is 5.60. The SMILES string of the molecule is COCCn1c2c([n+](C)c1CN1CCN(NC(=O)c3cc(OC)c(OC)c(OC)c3)CC1)C(=O)c1ccccc1C2=O.[Br-]. The van der Waals surface area contributed by atoms with Crippen molar-refractivity contribution in [1.29, 1.82) is 0 Å². The van der Waals surface area contributed by atoms with Crippen LogP contribution in [0.5, 0.6) is 17.2 Å². The van der Waals surface area contributed by atoms with Crippen LogP contribution in [0, 0.1) is 0 Å². The van der Waals surface area contributed by atoms with Crippen LogP contribution in [-0.4, -0.2) is 93.2 Å². The molecule has 2 aromatic carbocycles. The number of amides is 1. The number of nitrogens with one attached hydrogen (secondary N) is 1. The molecule has 1 aromatic heterocycles. The van der Waals surface area contributed by atoms with Crippen molar-refractivity contribution in [2.45, 2.75) is 13.1 Å². The number of ether oxygens (including phenoxy) is 4. The Kier molecular flexibility index (Phi) is 10.2. The minimum Gasteiger partial charge on any atom is -1.00 e. The van der Waals surface area contributed by atoms with E-state index >= 15 is 0 Å². The lowest BCUT2D eigenvalue weighted by Gasteiger charge is -2.34. The molecule has 1 saturated heterocycles. The van der Waals surface area contributed by atoms with E-state index in [1.807, 2.05) is 21.2 Å². The van der Waals surface area contributed by atoms with E-state index in [-0.39, 0.29) is 34.5 Å². The van der Waals surface area contributed by atoms with E-state index in [1.165, 1.54) is 21.3 Å². The molecule has 0 bridgehead atoms. The molecular weight excluding hydrogens is 622 g/mol. The second kappa shape index (κ2) is 13.7. The zero-order valence-electron chi connectivity index (χ0n) is 24.9. The van der Waals surface area contributed by atoms with Gasteiger partial charge in [0.2, 0.25) is 28.7 Å². The third-order valence-corrected chi connectivity index (χ3v) is 7.82. The number of nitrogens with zero attached hydrogens (tertiary/aromatic N) is 4. The van der Waals surface area contributed by atoms with Gasteiger partial charge in [-0.05, 0) is 12.1 Å². The first-order valence-electron chi connectivity index (χ1n) is 13.7. The zero-order valence-corrected chi connectivity index (χ0v) is 26.5. The highest BCUT2D eigenvalue weighted by atomic mass is 79.9. The van der Waals surface area contributed by atoms with Gasteiger partial charge in [-0.2, -0.15) is 0 Å². The predicted octanol–water partition coefficient (Wildman–Crippen LogP) is -1.77. The molecule has 1 aliphatic carbocycles. The number of hydrazine groups is 1. The van der Waals surface area contributed by atoms with Crippen molar-refractivity contribution in [3.05, 3.63) is 70.3 Å². The number of piperazine rings is 1. The lowest BCUT2D eigenvalue weighted by molar-refractivity contribution is -0.681. The van der Waals surface area contributed by atoms with Crippen molar-refractivity contribution in [3.63, 3.8) is 0 Å². The first-order valence-corrected chi connectivity index (χ1v) is 13.7. The second-order valence-corrected chi connectivity index (χ2v) is 10.1. The molecule has 5 rings (SSSR count). The van der Waals surface area contributed by atoms with Gasteiger partial charge in [0, 0.05) is 50.0 Å². The molecule has 1 aliphatic heterocycles. The summed E-state index contributed by atoms with van der Waals surface area (Å²) in [4.78, 5) is 42.4. The normalized spacial score (nSPS) is 14.9. The van der Waals surface area contributed by atoms with Gasteiger partial charge in [-0.15, -0.1) is 0 Å². The van der Waals surface area contributed by atoms with E-state index in [0.29, 0.717) is 91.2 Å². The van der Waals surface area contributed by atoms with E-state index < -0.39 is 0 Å². The van der Waals surface area contributed by atoms with Gasteiger partial charge in [-0.1, -0.05) is 24.3 Å². The molecule has 1 amide bonds. The van der Waals surface area contributed by atoms with Gasteiger partial charge >= 0.3 is 0 Å². The number of hydrogen-bond donors (Lipinski definition) is 1. The Morgan fingerprint density at radius 3 is 2.07 bits per heavy atom. The molecule has 0 radical (unpaired) electrons. The number of carbonyl (C=O) groups is 3. The lowest BCUT2D eigenvalue weighted by Crippen LogP contribution is -3.00. The minimum absolute atomic E-state index is 0. The molecule has 2 heterocycles. The van der Waals surface area contributed by atoms with Crippen LogP contribution < -0.4 is 41.2 Å². The highest BCUT2D eigenvalue weighted by molar-refractivity contribution is 6.26. The number of benzene rings is 2. The third-order valence-electron chi connectivity index (χ3n) is 7.82. The summed E-state index contributed by atoms with van der Waals surface area (Å²) < 4.78 is 25.2. The molecule has 0 saturated carbocycles. The van der Waals surface area contributed by atoms with Crippen LogP contribution in [0.15, 0.2) is 36.4 Å². The average molecular weight is 659 g/mol. The van der Waals surface area contributed by atoms with Gasteiger partial charge in [0.25, 0.3) is 11.7 Å². The third kappa shape index (κ3) is 6.03. The van der Waals surface area contributed by atoms with Gasteiger partial charge in [-0.25, -0.2) is 14.1 Å². The fourth-order valence-electron chi connectivity index (χ4n) is 5.60. The van der Waals surface area contributed by atoms with Crippen LogP contribution in [0.4, 0.5) is 0 Å². The maximum atomic E-state index is 13.6. The van der Waals surface area contributed by atoms with Gasteiger partial charge in [0.05, 0.1) is 35.0 Å². The van der Waals surface area contributed by atoms with Gasteiger partial charge in [0.1, 0.15) is 13.1 Å². The Labute approximate surface area is 260 Å². The maximum absolute atomic E-state index is 13.6. The van der Waals surface area contributed by atoms with E-state index in [1.54, 1.807) is 43.5 Å². The Morgan fingerprint density at radius 2 is 1.51 bits per heavy atom. The summed E-state index contributed by atoms with van der Waals surface area (Å²) >= 11 is 0.